The van der Waals surface area contributed by atoms with Gasteiger partial charge in [-0.3, -0.25) is 20.0 Å². The summed E-state index contributed by atoms with van der Waals surface area (Å²) < 4.78 is 43.7. The molecule has 0 radical (unpaired) electrons. The third-order valence-corrected chi connectivity index (χ3v) is 4.98. The van der Waals surface area contributed by atoms with Crippen LogP contribution in [0, 0.1) is 13.8 Å². The second-order valence-corrected chi connectivity index (χ2v) is 7.71. The number of nitrogens with one attached hydrogen (secondary N) is 2. The van der Waals surface area contributed by atoms with Crippen molar-refractivity contribution >= 4 is 17.6 Å². The van der Waals surface area contributed by atoms with Crippen LogP contribution in [0.15, 0.2) is 47.5 Å². The van der Waals surface area contributed by atoms with Gasteiger partial charge in [0.05, 0.1) is 25.3 Å². The maximum atomic E-state index is 12.8. The van der Waals surface area contributed by atoms with E-state index in [9.17, 15) is 18.0 Å². The van der Waals surface area contributed by atoms with Crippen LogP contribution in [0.1, 0.15) is 27.0 Å². The highest BCUT2D eigenvalue weighted by Crippen LogP contribution is 2.29. The van der Waals surface area contributed by atoms with Gasteiger partial charge in [-0.15, -0.1) is 0 Å². The van der Waals surface area contributed by atoms with Crippen LogP contribution in [0.25, 0.3) is 0 Å². The number of carbonyl (C=O) groups excluding carboxylic acids is 1. The topological polar surface area (TPSA) is 66.0 Å². The van der Waals surface area contributed by atoms with Crippen molar-refractivity contribution in [3.63, 3.8) is 0 Å². The van der Waals surface area contributed by atoms with Gasteiger partial charge < -0.3 is 10.1 Å². The summed E-state index contributed by atoms with van der Waals surface area (Å²) in [6.45, 7) is 8.10. The van der Waals surface area contributed by atoms with Crippen molar-refractivity contribution in [3.05, 3.63) is 64.7 Å². The number of anilines is 1. The van der Waals surface area contributed by atoms with E-state index in [1.807, 2.05) is 32.0 Å². The van der Waals surface area contributed by atoms with E-state index in [4.69, 9.17) is 4.74 Å². The Morgan fingerprint density at radius 3 is 2.28 bits per heavy atom. The lowest BCUT2D eigenvalue weighted by atomic mass is 10.1. The molecule has 0 saturated carbocycles. The molecule has 1 fully saturated rings. The molecule has 0 unspecified atom stereocenters. The quantitative estimate of drug-likeness (QED) is 0.539. The van der Waals surface area contributed by atoms with E-state index in [-0.39, 0.29) is 11.5 Å². The predicted octanol–water partition coefficient (Wildman–Crippen LogP) is 3.85. The van der Waals surface area contributed by atoms with Crippen LogP contribution in [0.3, 0.4) is 0 Å². The summed E-state index contributed by atoms with van der Waals surface area (Å²) in [6, 6.07) is 9.97. The molecule has 0 spiro atoms. The van der Waals surface area contributed by atoms with E-state index in [1.165, 1.54) is 0 Å². The van der Waals surface area contributed by atoms with Crippen LogP contribution in [-0.4, -0.2) is 56.2 Å². The van der Waals surface area contributed by atoms with Gasteiger partial charge in [0.25, 0.3) is 5.91 Å². The van der Waals surface area contributed by atoms with Crippen LogP contribution in [0.5, 0.6) is 0 Å². The number of aryl methyl sites for hydroxylation is 2. The number of carbonyl (C=O) groups is 1. The first kappa shape index (κ1) is 23.7. The Morgan fingerprint density at radius 1 is 1.06 bits per heavy atom. The van der Waals surface area contributed by atoms with E-state index < -0.39 is 17.6 Å². The van der Waals surface area contributed by atoms with Gasteiger partial charge >= 0.3 is 6.18 Å². The molecule has 2 aromatic carbocycles. The number of hydrogen-bond donors (Lipinski definition) is 2. The molecular weight excluding hydrogens is 421 g/mol. The fourth-order valence-corrected chi connectivity index (χ4v) is 3.41. The van der Waals surface area contributed by atoms with Crippen LogP contribution in [0.2, 0.25) is 0 Å². The number of benzene rings is 2. The molecular formula is C23H27F3N4O2. The predicted molar refractivity (Wildman–Crippen MR) is 118 cm³/mol. The lowest BCUT2D eigenvalue weighted by molar-refractivity contribution is -0.137. The van der Waals surface area contributed by atoms with Gasteiger partial charge in [-0.1, -0.05) is 6.07 Å². The molecule has 1 aliphatic heterocycles. The molecule has 0 bridgehead atoms. The van der Waals surface area contributed by atoms with Crippen molar-refractivity contribution < 1.29 is 22.7 Å². The van der Waals surface area contributed by atoms with Crippen molar-refractivity contribution in [2.45, 2.75) is 20.0 Å². The van der Waals surface area contributed by atoms with Gasteiger partial charge in [-0.25, -0.2) is 0 Å². The van der Waals surface area contributed by atoms with Gasteiger partial charge in [-0.05, 0) is 61.4 Å². The van der Waals surface area contributed by atoms with E-state index >= 15 is 0 Å². The molecule has 9 heteroatoms. The maximum absolute atomic E-state index is 12.8. The number of rotatable bonds is 5. The van der Waals surface area contributed by atoms with Gasteiger partial charge in [0.15, 0.2) is 0 Å². The number of halogens is 3. The van der Waals surface area contributed by atoms with E-state index in [0.29, 0.717) is 26.3 Å². The van der Waals surface area contributed by atoms with Gasteiger partial charge in [0, 0.05) is 30.9 Å². The maximum Gasteiger partial charge on any atom is 0.416 e. The van der Waals surface area contributed by atoms with Gasteiger partial charge in [-0.2, -0.15) is 13.2 Å². The molecule has 0 atom stereocenters. The van der Waals surface area contributed by atoms with Gasteiger partial charge in [0.2, 0.25) is 5.96 Å². The Balaban J connectivity index is 1.72. The van der Waals surface area contributed by atoms with Crippen LogP contribution in [-0.2, 0) is 10.9 Å². The standard InChI is InChI=1S/C23H27F3N4O2/c1-16-13-17(2)15-20(14-16)28-22(27-7-8-30-9-11-32-12-10-30)29-21(31)18-3-5-19(6-4-18)23(24,25)26/h3-6,13-15H,7-12H2,1-2H3,(H2,27,28,29,31). The molecule has 6 nitrogen and oxygen atoms in total. The van der Waals surface area contributed by atoms with Gasteiger partial charge in [0.1, 0.15) is 0 Å². The largest absolute Gasteiger partial charge is 0.416 e. The molecule has 1 heterocycles. The normalized spacial score (nSPS) is 15.5. The minimum absolute atomic E-state index is 0.112. The Kier molecular flexibility index (Phi) is 7.87. The minimum Gasteiger partial charge on any atom is -0.379 e. The molecule has 1 amide bonds. The second kappa shape index (κ2) is 10.6. The first-order chi connectivity index (χ1) is 15.2. The molecule has 0 aliphatic carbocycles. The van der Waals surface area contributed by atoms with E-state index in [1.54, 1.807) is 0 Å². The number of amides is 1. The van der Waals surface area contributed by atoms with E-state index in [0.717, 1.165) is 54.2 Å². The highest BCUT2D eigenvalue weighted by atomic mass is 19.4. The zero-order valence-electron chi connectivity index (χ0n) is 18.1. The Hall–Kier alpha value is -2.91. The fraction of sp³-hybridized carbons (Fsp3) is 0.391. The number of guanidine groups is 1. The zero-order valence-corrected chi connectivity index (χ0v) is 18.1. The monoisotopic (exact) mass is 448 g/mol. The summed E-state index contributed by atoms with van der Waals surface area (Å²) in [5.41, 5.74) is 2.17. The molecule has 2 N–H and O–H groups in total. The number of aliphatic imine (C=N–C) groups is 1. The summed E-state index contributed by atoms with van der Waals surface area (Å²) in [7, 11) is 0. The van der Waals surface area contributed by atoms with Crippen molar-refractivity contribution in [1.82, 2.24) is 10.2 Å². The summed E-state index contributed by atoms with van der Waals surface area (Å²) in [5, 5.41) is 5.82. The first-order valence-electron chi connectivity index (χ1n) is 10.4. The second-order valence-electron chi connectivity index (χ2n) is 7.71. The molecule has 32 heavy (non-hydrogen) atoms. The van der Waals surface area contributed by atoms with Crippen molar-refractivity contribution in [1.29, 1.82) is 0 Å². The molecule has 3 rings (SSSR count). The molecule has 1 aliphatic rings. The molecule has 172 valence electrons. The Morgan fingerprint density at radius 2 is 1.69 bits per heavy atom. The number of ether oxygens (including phenoxy) is 1. The summed E-state index contributed by atoms with van der Waals surface area (Å²) in [6.07, 6.45) is -4.45. The number of nitrogens with zero attached hydrogens (tertiary/aromatic N) is 2. The highest BCUT2D eigenvalue weighted by molar-refractivity contribution is 6.10. The van der Waals surface area contributed by atoms with E-state index in [2.05, 4.69) is 20.5 Å². The fourth-order valence-electron chi connectivity index (χ4n) is 3.41. The van der Waals surface area contributed by atoms with Crippen molar-refractivity contribution in [3.8, 4) is 0 Å². The smallest absolute Gasteiger partial charge is 0.379 e. The van der Waals surface area contributed by atoms with Crippen LogP contribution >= 0.6 is 0 Å². The summed E-state index contributed by atoms with van der Waals surface area (Å²) in [5.74, 6) is -0.297. The summed E-state index contributed by atoms with van der Waals surface area (Å²) >= 11 is 0. The Labute approximate surface area is 185 Å². The van der Waals surface area contributed by atoms with Crippen LogP contribution in [0.4, 0.5) is 18.9 Å². The third kappa shape index (κ3) is 7.06. The average molecular weight is 448 g/mol. The Bertz CT molecular complexity index is 932. The first-order valence-corrected chi connectivity index (χ1v) is 10.4. The third-order valence-electron chi connectivity index (χ3n) is 4.98. The van der Waals surface area contributed by atoms with Crippen molar-refractivity contribution in [2.24, 2.45) is 4.99 Å². The number of morpholine rings is 1. The van der Waals surface area contributed by atoms with Crippen molar-refractivity contribution in [2.75, 3.05) is 44.7 Å². The minimum atomic E-state index is -4.45. The van der Waals surface area contributed by atoms with Crippen LogP contribution < -0.4 is 10.6 Å². The molecule has 2 aromatic rings. The molecule has 0 aromatic heterocycles. The number of alkyl halides is 3. The lowest BCUT2D eigenvalue weighted by Crippen LogP contribution is -2.39. The molecule has 1 saturated heterocycles. The lowest BCUT2D eigenvalue weighted by Gasteiger charge is -2.25. The SMILES string of the molecule is Cc1cc(C)cc(NC(=NCCN2CCOCC2)NC(=O)c2ccc(C(F)(F)F)cc2)c1. The number of hydrogen-bond acceptors (Lipinski definition) is 4. The average Bonchev–Trinajstić information content (AvgIpc) is 2.73. The highest BCUT2D eigenvalue weighted by Gasteiger charge is 2.30. The zero-order chi connectivity index (χ0) is 23.1. The summed E-state index contributed by atoms with van der Waals surface area (Å²) in [4.78, 5) is 19.4.